The molecular formula is C30H34N3S2+. The molecule has 0 saturated carbocycles. The van der Waals surface area contributed by atoms with Gasteiger partial charge in [0, 0.05) is 42.9 Å². The van der Waals surface area contributed by atoms with Gasteiger partial charge in [0.05, 0.1) is 10.7 Å². The maximum atomic E-state index is 2.42. The maximum Gasteiger partial charge on any atom is 0.262 e. The molecule has 0 N–H and O–H groups in total. The highest BCUT2D eigenvalue weighted by Crippen LogP contribution is 2.46. The smallest absolute Gasteiger partial charge is 0.262 e. The lowest BCUT2D eigenvalue weighted by Gasteiger charge is -2.21. The van der Waals surface area contributed by atoms with E-state index < -0.39 is 0 Å². The first-order chi connectivity index (χ1) is 17.1. The van der Waals surface area contributed by atoms with Crippen LogP contribution in [-0.4, -0.2) is 25.0 Å². The minimum Gasteiger partial charge on any atom is -0.374 e. The van der Waals surface area contributed by atoms with Gasteiger partial charge < -0.3 is 9.80 Å². The topological polar surface area (TPSA) is 10.4 Å². The highest BCUT2D eigenvalue weighted by Gasteiger charge is 2.25. The van der Waals surface area contributed by atoms with Crippen molar-refractivity contribution in [2.75, 3.05) is 25.0 Å². The third-order valence-corrected chi connectivity index (χ3v) is 9.15. The van der Waals surface area contributed by atoms with E-state index in [0.29, 0.717) is 0 Å². The molecule has 5 heteroatoms. The van der Waals surface area contributed by atoms with Crippen LogP contribution in [0.15, 0.2) is 93.5 Å². The van der Waals surface area contributed by atoms with Crippen LogP contribution in [0.3, 0.4) is 0 Å². The molecule has 2 aliphatic rings. The van der Waals surface area contributed by atoms with Crippen LogP contribution >= 0.6 is 23.1 Å². The van der Waals surface area contributed by atoms with Crippen molar-refractivity contribution in [2.45, 2.75) is 45.1 Å². The fourth-order valence-electron chi connectivity index (χ4n) is 5.04. The second kappa shape index (κ2) is 10.5. The van der Waals surface area contributed by atoms with Crippen molar-refractivity contribution in [2.24, 2.45) is 0 Å². The van der Waals surface area contributed by atoms with E-state index in [9.17, 15) is 0 Å². The molecule has 0 spiro atoms. The van der Waals surface area contributed by atoms with Gasteiger partial charge in [0.1, 0.15) is 11.2 Å². The Labute approximate surface area is 217 Å². The summed E-state index contributed by atoms with van der Waals surface area (Å²) in [6.45, 7) is 9.67. The van der Waals surface area contributed by atoms with Crippen LogP contribution in [0.4, 0.5) is 5.69 Å². The fourth-order valence-corrected chi connectivity index (χ4v) is 7.29. The molecule has 3 nitrogen and oxygen atoms in total. The standard InChI is InChI=1S/C30H34N3S2/c1-5-31(4)30-22(18-20-28-32(6-2)24-12-8-10-14-26(24)34-28)16-17-23(30)19-21-29-33(7-3)25-13-9-11-15-27(25)35-29/h8-15,18-21H,5-7,16-17H2,1-4H3/q+1. The van der Waals surface area contributed by atoms with E-state index in [1.54, 1.807) is 0 Å². The van der Waals surface area contributed by atoms with Crippen LogP contribution in [0.1, 0.15) is 38.6 Å². The number of allylic oxidation sites excluding steroid dienone is 5. The summed E-state index contributed by atoms with van der Waals surface area (Å²) in [5.41, 5.74) is 6.93. The molecule has 2 heterocycles. The Morgan fingerprint density at radius 1 is 0.971 bits per heavy atom. The molecular weight excluding hydrogens is 466 g/mol. The second-order valence-electron chi connectivity index (χ2n) is 8.88. The Morgan fingerprint density at radius 2 is 1.77 bits per heavy atom. The number of thioether (sulfide) groups is 1. The summed E-state index contributed by atoms with van der Waals surface area (Å²) in [5, 5.41) is 2.64. The van der Waals surface area contributed by atoms with Gasteiger partial charge in [-0.2, -0.15) is 4.57 Å². The molecule has 180 valence electrons. The summed E-state index contributed by atoms with van der Waals surface area (Å²) in [4.78, 5) is 6.18. The van der Waals surface area contributed by atoms with E-state index in [2.05, 4.69) is 115 Å². The van der Waals surface area contributed by atoms with Crippen molar-refractivity contribution in [3.63, 3.8) is 0 Å². The molecule has 0 radical (unpaired) electrons. The van der Waals surface area contributed by atoms with Gasteiger partial charge in [0.2, 0.25) is 5.52 Å². The monoisotopic (exact) mass is 500 g/mol. The zero-order valence-electron chi connectivity index (χ0n) is 21.1. The van der Waals surface area contributed by atoms with E-state index in [1.165, 1.54) is 47.7 Å². The second-order valence-corrected chi connectivity index (χ2v) is 11.0. The van der Waals surface area contributed by atoms with Crippen LogP contribution in [0.25, 0.3) is 16.3 Å². The van der Waals surface area contributed by atoms with Gasteiger partial charge in [-0.3, -0.25) is 0 Å². The number of benzene rings is 2. The number of likely N-dealkylation sites (N-methyl/N-ethyl adjacent to an activating group) is 1. The predicted octanol–water partition coefficient (Wildman–Crippen LogP) is 7.62. The molecule has 1 aromatic heterocycles. The van der Waals surface area contributed by atoms with Crippen molar-refractivity contribution in [1.29, 1.82) is 0 Å². The van der Waals surface area contributed by atoms with Crippen LogP contribution in [0.5, 0.6) is 0 Å². The van der Waals surface area contributed by atoms with Crippen molar-refractivity contribution < 1.29 is 4.57 Å². The number of para-hydroxylation sites is 2. The minimum absolute atomic E-state index is 0.983. The number of thiazole rings is 1. The summed E-state index contributed by atoms with van der Waals surface area (Å²) in [7, 11) is 2.22. The quantitative estimate of drug-likeness (QED) is 0.309. The summed E-state index contributed by atoms with van der Waals surface area (Å²) in [5.74, 6) is 0. The van der Waals surface area contributed by atoms with E-state index in [0.717, 1.165) is 32.5 Å². The number of fused-ring (bicyclic) bond motifs is 2. The lowest BCUT2D eigenvalue weighted by Crippen LogP contribution is -2.33. The number of rotatable bonds is 7. The normalized spacial score (nSPS) is 18.1. The molecule has 0 unspecified atom stereocenters. The third kappa shape index (κ3) is 4.60. The van der Waals surface area contributed by atoms with Gasteiger partial charge in [0.15, 0.2) is 0 Å². The van der Waals surface area contributed by atoms with Gasteiger partial charge >= 0.3 is 0 Å². The van der Waals surface area contributed by atoms with E-state index in [4.69, 9.17) is 0 Å². The fraction of sp³-hybridized carbons (Fsp3) is 0.300. The van der Waals surface area contributed by atoms with E-state index >= 15 is 0 Å². The number of aromatic nitrogens is 1. The lowest BCUT2D eigenvalue weighted by atomic mass is 10.1. The average molecular weight is 501 g/mol. The molecule has 0 atom stereocenters. The van der Waals surface area contributed by atoms with Gasteiger partial charge in [-0.25, -0.2) is 0 Å². The van der Waals surface area contributed by atoms with Gasteiger partial charge in [0.25, 0.3) is 5.01 Å². The summed E-state index contributed by atoms with van der Waals surface area (Å²) in [6.07, 6.45) is 11.6. The minimum atomic E-state index is 0.983. The van der Waals surface area contributed by atoms with Crippen LogP contribution in [-0.2, 0) is 6.54 Å². The van der Waals surface area contributed by atoms with Gasteiger partial charge in [-0.15, -0.1) is 0 Å². The highest BCUT2D eigenvalue weighted by atomic mass is 32.2. The molecule has 5 rings (SSSR count). The lowest BCUT2D eigenvalue weighted by molar-refractivity contribution is -0.665. The highest BCUT2D eigenvalue weighted by molar-refractivity contribution is 8.03. The maximum absolute atomic E-state index is 2.42. The third-order valence-electron chi connectivity index (χ3n) is 6.89. The Morgan fingerprint density at radius 3 is 2.57 bits per heavy atom. The van der Waals surface area contributed by atoms with Crippen molar-refractivity contribution >= 4 is 45.1 Å². The van der Waals surface area contributed by atoms with E-state index in [1.807, 2.05) is 23.1 Å². The first kappa shape index (κ1) is 24.0. The molecule has 0 amide bonds. The average Bonchev–Trinajstić information content (AvgIpc) is 3.57. The Balaban J connectivity index is 1.47. The summed E-state index contributed by atoms with van der Waals surface area (Å²) >= 11 is 3.76. The molecule has 1 aliphatic carbocycles. The number of hydrogen-bond donors (Lipinski definition) is 0. The van der Waals surface area contributed by atoms with Crippen LogP contribution in [0.2, 0.25) is 0 Å². The first-order valence-electron chi connectivity index (χ1n) is 12.6. The van der Waals surface area contributed by atoms with Crippen LogP contribution in [0, 0.1) is 0 Å². The number of anilines is 1. The number of aryl methyl sites for hydroxylation is 1. The molecule has 0 saturated heterocycles. The largest absolute Gasteiger partial charge is 0.374 e. The Bertz CT molecular complexity index is 1360. The number of nitrogens with zero attached hydrogens (tertiary/aromatic N) is 3. The molecule has 2 aromatic carbocycles. The zero-order valence-corrected chi connectivity index (χ0v) is 22.8. The molecule has 0 bridgehead atoms. The molecule has 3 aromatic rings. The molecule has 1 aliphatic heterocycles. The predicted molar refractivity (Wildman–Crippen MR) is 153 cm³/mol. The van der Waals surface area contributed by atoms with Crippen LogP contribution < -0.4 is 9.47 Å². The van der Waals surface area contributed by atoms with Crippen molar-refractivity contribution in [1.82, 2.24) is 4.90 Å². The van der Waals surface area contributed by atoms with Gasteiger partial charge in [-0.1, -0.05) is 53.4 Å². The summed E-state index contributed by atoms with van der Waals surface area (Å²) < 4.78 is 3.77. The Kier molecular flexibility index (Phi) is 7.17. The zero-order chi connectivity index (χ0) is 24.4. The van der Waals surface area contributed by atoms with E-state index in [-0.39, 0.29) is 0 Å². The first-order valence-corrected chi connectivity index (χ1v) is 14.3. The Hall–Kier alpha value is -2.76. The molecule has 0 fully saturated rings. The summed E-state index contributed by atoms with van der Waals surface area (Å²) in [6, 6.07) is 17.4. The molecule has 35 heavy (non-hydrogen) atoms. The van der Waals surface area contributed by atoms with Gasteiger partial charge in [-0.05, 0) is 75.1 Å². The van der Waals surface area contributed by atoms with Crippen molar-refractivity contribution in [3.05, 3.63) is 93.6 Å². The SMILES string of the molecule is CCN(C)C1=C(/C=C/c2sc3ccccc3[n+]2CC)CC/C1=C\C=C1\Sc2ccccc2N1CC. The van der Waals surface area contributed by atoms with Crippen molar-refractivity contribution in [3.8, 4) is 0 Å². The number of hydrogen-bond acceptors (Lipinski definition) is 4.